The Hall–Kier alpha value is -1.79. The lowest BCUT2D eigenvalue weighted by molar-refractivity contribution is -0.145. The molecule has 1 aliphatic carbocycles. The molecule has 7 heteroatoms. The maximum atomic E-state index is 11.7. The minimum Gasteiger partial charge on any atom is -0.481 e. The van der Waals surface area contributed by atoms with E-state index in [1.54, 1.807) is 7.05 Å². The maximum absolute atomic E-state index is 11.7. The summed E-state index contributed by atoms with van der Waals surface area (Å²) in [6.45, 7) is 2.65. The molecule has 0 spiro atoms. The summed E-state index contributed by atoms with van der Waals surface area (Å²) in [6.07, 6.45) is 0.434. The number of carboxylic acids is 2. The van der Waals surface area contributed by atoms with E-state index in [1.807, 2.05) is 0 Å². The number of hydrogen-bond donors (Lipinski definition) is 3. The molecular weight excluding hydrogens is 240 g/mol. The van der Waals surface area contributed by atoms with Crippen LogP contribution in [-0.2, 0) is 9.59 Å². The third-order valence-electron chi connectivity index (χ3n) is 3.11. The molecule has 0 heterocycles. The summed E-state index contributed by atoms with van der Waals surface area (Å²) in [5.41, 5.74) is 0. The molecule has 3 atom stereocenters. The summed E-state index contributed by atoms with van der Waals surface area (Å²) in [6, 6.07) is -1.95. The largest absolute Gasteiger partial charge is 0.481 e. The number of nitrogens with one attached hydrogen (secondary N) is 1. The summed E-state index contributed by atoms with van der Waals surface area (Å²) < 4.78 is 0. The van der Waals surface area contributed by atoms with Gasteiger partial charge in [-0.15, -0.1) is 0 Å². The molecule has 3 unspecified atom stereocenters. The van der Waals surface area contributed by atoms with Gasteiger partial charge in [0.05, 0.1) is 6.42 Å². The van der Waals surface area contributed by atoms with Gasteiger partial charge in [-0.3, -0.25) is 4.79 Å². The van der Waals surface area contributed by atoms with Crippen LogP contribution in [0.15, 0.2) is 0 Å². The van der Waals surface area contributed by atoms with Crippen LogP contribution in [0.3, 0.4) is 0 Å². The quantitative estimate of drug-likeness (QED) is 0.631. The molecule has 2 amide bonds. The minimum absolute atomic E-state index is 0.462. The van der Waals surface area contributed by atoms with Crippen molar-refractivity contribution in [3.05, 3.63) is 0 Å². The highest BCUT2D eigenvalue weighted by atomic mass is 16.4. The van der Waals surface area contributed by atoms with Gasteiger partial charge in [0.25, 0.3) is 0 Å². The van der Waals surface area contributed by atoms with Crippen molar-refractivity contribution in [2.45, 2.75) is 25.8 Å². The Balaban J connectivity index is 2.44. The van der Waals surface area contributed by atoms with E-state index in [1.165, 1.54) is 4.90 Å². The Morgan fingerprint density at radius 1 is 1.39 bits per heavy atom. The van der Waals surface area contributed by atoms with Crippen LogP contribution in [0, 0.1) is 11.8 Å². The second kappa shape index (κ2) is 5.70. The normalized spacial score (nSPS) is 23.0. The molecule has 1 rings (SSSR count). The number of carbonyl (C=O) groups excluding carboxylic acids is 1. The molecule has 1 fully saturated rings. The molecule has 0 aromatic rings. The first kappa shape index (κ1) is 14.3. The molecule has 0 aromatic heterocycles. The van der Waals surface area contributed by atoms with Crippen molar-refractivity contribution in [2.75, 3.05) is 13.6 Å². The predicted molar refractivity (Wildman–Crippen MR) is 62.1 cm³/mol. The molecular formula is C11H18N2O5. The van der Waals surface area contributed by atoms with E-state index < -0.39 is 30.4 Å². The molecule has 0 aliphatic heterocycles. The fourth-order valence-corrected chi connectivity index (χ4v) is 1.72. The van der Waals surface area contributed by atoms with Gasteiger partial charge in [0.15, 0.2) is 0 Å². The standard InChI is InChI=1S/C11H18N2O5/c1-6-3-7(6)5-13(2)11(18)12-8(10(16)17)4-9(14)15/h6-8H,3-5H2,1-2H3,(H,12,18)(H,14,15)(H,16,17). The van der Waals surface area contributed by atoms with Crippen LogP contribution in [-0.4, -0.2) is 52.7 Å². The predicted octanol–water partition coefficient (Wildman–Crippen LogP) is 0.212. The van der Waals surface area contributed by atoms with Gasteiger partial charge in [0.1, 0.15) is 6.04 Å². The van der Waals surface area contributed by atoms with Gasteiger partial charge < -0.3 is 20.4 Å². The summed E-state index contributed by atoms with van der Waals surface area (Å²) in [5, 5.41) is 19.5. The topological polar surface area (TPSA) is 107 Å². The SMILES string of the molecule is CC1CC1CN(C)C(=O)NC(CC(=O)O)C(=O)O. The van der Waals surface area contributed by atoms with Crippen LogP contribution in [0.5, 0.6) is 0 Å². The van der Waals surface area contributed by atoms with Crippen LogP contribution < -0.4 is 5.32 Å². The van der Waals surface area contributed by atoms with Crippen LogP contribution >= 0.6 is 0 Å². The van der Waals surface area contributed by atoms with Crippen molar-refractivity contribution in [1.82, 2.24) is 10.2 Å². The fourth-order valence-electron chi connectivity index (χ4n) is 1.72. The summed E-state index contributed by atoms with van der Waals surface area (Å²) in [5.74, 6) is -1.56. The second-order valence-corrected chi connectivity index (χ2v) is 4.79. The van der Waals surface area contributed by atoms with Crippen LogP contribution in [0.1, 0.15) is 19.8 Å². The smallest absolute Gasteiger partial charge is 0.326 e. The number of amides is 2. The Bertz CT molecular complexity index is 357. The number of aliphatic carboxylic acids is 2. The van der Waals surface area contributed by atoms with Gasteiger partial charge in [-0.2, -0.15) is 0 Å². The second-order valence-electron chi connectivity index (χ2n) is 4.79. The summed E-state index contributed by atoms with van der Waals surface area (Å²) >= 11 is 0. The third kappa shape index (κ3) is 4.23. The zero-order chi connectivity index (χ0) is 13.9. The average molecular weight is 258 g/mol. The molecule has 18 heavy (non-hydrogen) atoms. The Kier molecular flexibility index (Phi) is 4.52. The molecule has 0 radical (unpaired) electrons. The van der Waals surface area contributed by atoms with Crippen LogP contribution in [0.25, 0.3) is 0 Å². The monoisotopic (exact) mass is 258 g/mol. The minimum atomic E-state index is -1.39. The number of rotatable bonds is 6. The number of hydrogen-bond acceptors (Lipinski definition) is 3. The fraction of sp³-hybridized carbons (Fsp3) is 0.727. The van der Waals surface area contributed by atoms with E-state index in [0.29, 0.717) is 18.4 Å². The highest BCUT2D eigenvalue weighted by molar-refractivity contribution is 5.86. The van der Waals surface area contributed by atoms with E-state index >= 15 is 0 Å². The van der Waals surface area contributed by atoms with Crippen molar-refractivity contribution in [3.8, 4) is 0 Å². The first-order valence-electron chi connectivity index (χ1n) is 5.77. The molecule has 0 bridgehead atoms. The number of carbonyl (C=O) groups is 3. The van der Waals surface area contributed by atoms with Crippen molar-refractivity contribution in [3.63, 3.8) is 0 Å². The van der Waals surface area contributed by atoms with Crippen LogP contribution in [0.2, 0.25) is 0 Å². The van der Waals surface area contributed by atoms with Crippen molar-refractivity contribution in [2.24, 2.45) is 11.8 Å². The maximum Gasteiger partial charge on any atom is 0.326 e. The summed E-state index contributed by atoms with van der Waals surface area (Å²) in [7, 11) is 1.57. The lowest BCUT2D eigenvalue weighted by Crippen LogP contribution is -2.48. The van der Waals surface area contributed by atoms with Gasteiger partial charge in [0, 0.05) is 13.6 Å². The summed E-state index contributed by atoms with van der Waals surface area (Å²) in [4.78, 5) is 34.3. The number of nitrogens with zero attached hydrogens (tertiary/aromatic N) is 1. The van der Waals surface area contributed by atoms with E-state index in [4.69, 9.17) is 10.2 Å². The Morgan fingerprint density at radius 3 is 2.33 bits per heavy atom. The molecule has 1 saturated carbocycles. The zero-order valence-electron chi connectivity index (χ0n) is 10.4. The van der Waals surface area contributed by atoms with Gasteiger partial charge in [-0.05, 0) is 18.3 Å². The van der Waals surface area contributed by atoms with Gasteiger partial charge in [-0.1, -0.05) is 6.92 Å². The first-order chi connectivity index (χ1) is 8.31. The molecule has 1 aliphatic rings. The zero-order valence-corrected chi connectivity index (χ0v) is 10.4. The van der Waals surface area contributed by atoms with E-state index in [2.05, 4.69) is 12.2 Å². The number of carboxylic acid groups (broad SMARTS) is 2. The molecule has 7 nitrogen and oxygen atoms in total. The molecule has 102 valence electrons. The average Bonchev–Trinajstić information content (AvgIpc) is 2.92. The number of urea groups is 1. The Labute approximate surface area is 105 Å². The molecule has 0 aromatic carbocycles. The lowest BCUT2D eigenvalue weighted by atomic mass is 10.2. The van der Waals surface area contributed by atoms with Gasteiger partial charge in [-0.25, -0.2) is 9.59 Å². The van der Waals surface area contributed by atoms with E-state index in [9.17, 15) is 14.4 Å². The lowest BCUT2D eigenvalue weighted by Gasteiger charge is -2.20. The van der Waals surface area contributed by atoms with Gasteiger partial charge >= 0.3 is 18.0 Å². The first-order valence-corrected chi connectivity index (χ1v) is 5.77. The molecule has 3 N–H and O–H groups in total. The van der Waals surface area contributed by atoms with Crippen molar-refractivity contribution < 1.29 is 24.6 Å². The van der Waals surface area contributed by atoms with Crippen molar-refractivity contribution >= 4 is 18.0 Å². The highest BCUT2D eigenvalue weighted by Crippen LogP contribution is 2.37. The van der Waals surface area contributed by atoms with Crippen molar-refractivity contribution in [1.29, 1.82) is 0 Å². The molecule has 0 saturated heterocycles. The van der Waals surface area contributed by atoms with Crippen LogP contribution in [0.4, 0.5) is 4.79 Å². The highest BCUT2D eigenvalue weighted by Gasteiger charge is 2.34. The third-order valence-corrected chi connectivity index (χ3v) is 3.11. The van der Waals surface area contributed by atoms with Gasteiger partial charge in [0.2, 0.25) is 0 Å². The van der Waals surface area contributed by atoms with E-state index in [0.717, 1.165) is 6.42 Å². The van der Waals surface area contributed by atoms with E-state index in [-0.39, 0.29) is 0 Å². The Morgan fingerprint density at radius 2 is 1.94 bits per heavy atom.